The number of benzene rings is 1. The maximum atomic E-state index is 11.7. The molecule has 1 N–H and O–H groups in total. The molecule has 0 radical (unpaired) electrons. The van der Waals surface area contributed by atoms with Crippen LogP contribution >= 0.6 is 27.5 Å². The third kappa shape index (κ3) is 2.46. The summed E-state index contributed by atoms with van der Waals surface area (Å²) in [5.41, 5.74) is 0.644. The first-order valence-corrected chi connectivity index (χ1v) is 5.64. The Balaban J connectivity index is 2.18. The molecule has 2 rings (SSSR count). The second-order valence-electron chi connectivity index (χ2n) is 3.06. The molecule has 1 heterocycles. The van der Waals surface area contributed by atoms with Crippen LogP contribution in [0.25, 0.3) is 0 Å². The normalized spacial score (nSPS) is 10.1. The number of rotatable bonds is 2. The van der Waals surface area contributed by atoms with Crippen LogP contribution in [0.1, 0.15) is 10.6 Å². The van der Waals surface area contributed by atoms with E-state index in [-0.39, 0.29) is 11.7 Å². The maximum Gasteiger partial charge on any atom is 0.291 e. The first-order chi connectivity index (χ1) is 7.66. The summed E-state index contributed by atoms with van der Waals surface area (Å²) in [6.07, 6.45) is 1.45. The lowest BCUT2D eigenvalue weighted by Crippen LogP contribution is -2.11. The van der Waals surface area contributed by atoms with Crippen molar-refractivity contribution in [3.63, 3.8) is 0 Å². The summed E-state index contributed by atoms with van der Waals surface area (Å²) in [5, 5.41) is 3.30. The number of carbonyl (C=O) groups is 1. The zero-order valence-corrected chi connectivity index (χ0v) is 10.4. The largest absolute Gasteiger partial charge is 0.459 e. The molecular formula is C11H7BrClNO2. The van der Waals surface area contributed by atoms with Crippen LogP contribution in [0, 0.1) is 0 Å². The van der Waals surface area contributed by atoms with E-state index >= 15 is 0 Å². The number of hydrogen-bond acceptors (Lipinski definition) is 2. The van der Waals surface area contributed by atoms with E-state index in [1.54, 1.807) is 30.3 Å². The molecule has 1 aromatic carbocycles. The summed E-state index contributed by atoms with van der Waals surface area (Å²) >= 11 is 9.10. The predicted molar refractivity (Wildman–Crippen MR) is 65.8 cm³/mol. The monoisotopic (exact) mass is 299 g/mol. The van der Waals surface area contributed by atoms with Gasteiger partial charge in [-0.1, -0.05) is 11.6 Å². The zero-order valence-electron chi connectivity index (χ0n) is 8.04. The summed E-state index contributed by atoms with van der Waals surface area (Å²) in [7, 11) is 0. The van der Waals surface area contributed by atoms with Crippen LogP contribution in [0.4, 0.5) is 5.69 Å². The van der Waals surface area contributed by atoms with Gasteiger partial charge in [-0.3, -0.25) is 4.79 Å². The van der Waals surface area contributed by atoms with Crippen molar-refractivity contribution in [1.82, 2.24) is 0 Å². The van der Waals surface area contributed by atoms with Crippen LogP contribution in [-0.2, 0) is 0 Å². The Morgan fingerprint density at radius 1 is 1.38 bits per heavy atom. The standard InChI is InChI=1S/C11H7BrClNO2/c12-8-6-7(13)3-4-9(8)14-11(15)10-2-1-5-16-10/h1-6H,(H,14,15). The summed E-state index contributed by atoms with van der Waals surface area (Å²) in [5.74, 6) is -0.0325. The van der Waals surface area contributed by atoms with Gasteiger partial charge in [0.1, 0.15) is 0 Å². The molecule has 0 unspecified atom stereocenters. The predicted octanol–water partition coefficient (Wildman–Crippen LogP) is 3.95. The number of nitrogens with one attached hydrogen (secondary N) is 1. The fourth-order valence-electron chi connectivity index (χ4n) is 1.18. The molecule has 0 atom stereocenters. The highest BCUT2D eigenvalue weighted by Gasteiger charge is 2.10. The molecule has 3 nitrogen and oxygen atoms in total. The van der Waals surface area contributed by atoms with Crippen molar-refractivity contribution < 1.29 is 9.21 Å². The lowest BCUT2D eigenvalue weighted by atomic mass is 10.3. The van der Waals surface area contributed by atoms with Crippen molar-refractivity contribution in [3.8, 4) is 0 Å². The van der Waals surface area contributed by atoms with E-state index in [4.69, 9.17) is 16.0 Å². The molecule has 0 aliphatic rings. The summed E-state index contributed by atoms with van der Waals surface area (Å²) < 4.78 is 5.70. The molecule has 2 aromatic rings. The van der Waals surface area contributed by atoms with Gasteiger partial charge in [-0.05, 0) is 46.3 Å². The van der Waals surface area contributed by atoms with Crippen molar-refractivity contribution in [2.24, 2.45) is 0 Å². The SMILES string of the molecule is O=C(Nc1ccc(Cl)cc1Br)c1ccco1. The van der Waals surface area contributed by atoms with Gasteiger partial charge in [0.15, 0.2) is 5.76 Å². The van der Waals surface area contributed by atoms with Crippen LogP contribution in [0.5, 0.6) is 0 Å². The number of furan rings is 1. The first-order valence-electron chi connectivity index (χ1n) is 4.47. The number of amides is 1. The second-order valence-corrected chi connectivity index (χ2v) is 4.35. The van der Waals surface area contributed by atoms with Crippen LogP contribution < -0.4 is 5.32 Å². The summed E-state index contributed by atoms with van der Waals surface area (Å²) in [4.78, 5) is 11.7. The van der Waals surface area contributed by atoms with Gasteiger partial charge in [-0.2, -0.15) is 0 Å². The number of halogens is 2. The van der Waals surface area contributed by atoms with Gasteiger partial charge in [-0.25, -0.2) is 0 Å². The molecule has 0 aliphatic heterocycles. The quantitative estimate of drug-likeness (QED) is 0.912. The molecule has 0 saturated carbocycles. The molecular weight excluding hydrogens is 293 g/mol. The number of hydrogen-bond donors (Lipinski definition) is 1. The van der Waals surface area contributed by atoms with Gasteiger partial charge in [0.25, 0.3) is 5.91 Å². The Kier molecular flexibility index (Phi) is 3.31. The third-order valence-electron chi connectivity index (χ3n) is 1.92. The van der Waals surface area contributed by atoms with E-state index in [0.29, 0.717) is 10.7 Å². The minimum atomic E-state index is -0.298. The Hall–Kier alpha value is -1.26. The zero-order chi connectivity index (χ0) is 11.5. The minimum Gasteiger partial charge on any atom is -0.459 e. The molecule has 5 heteroatoms. The third-order valence-corrected chi connectivity index (χ3v) is 2.82. The molecule has 0 spiro atoms. The Morgan fingerprint density at radius 3 is 2.81 bits per heavy atom. The molecule has 0 fully saturated rings. The van der Waals surface area contributed by atoms with E-state index in [1.807, 2.05) is 0 Å². The molecule has 1 aromatic heterocycles. The van der Waals surface area contributed by atoms with Gasteiger partial charge in [0.05, 0.1) is 12.0 Å². The van der Waals surface area contributed by atoms with Crippen LogP contribution in [0.2, 0.25) is 5.02 Å². The summed E-state index contributed by atoms with van der Waals surface area (Å²) in [6.45, 7) is 0. The first kappa shape index (κ1) is 11.2. The van der Waals surface area contributed by atoms with Crippen LogP contribution in [-0.4, -0.2) is 5.91 Å². The van der Waals surface area contributed by atoms with Crippen molar-refractivity contribution in [1.29, 1.82) is 0 Å². The fourth-order valence-corrected chi connectivity index (χ4v) is 1.96. The Labute approximate surface area is 106 Å². The molecule has 82 valence electrons. The second kappa shape index (κ2) is 4.72. The van der Waals surface area contributed by atoms with Gasteiger partial charge < -0.3 is 9.73 Å². The fraction of sp³-hybridized carbons (Fsp3) is 0. The van der Waals surface area contributed by atoms with Gasteiger partial charge in [-0.15, -0.1) is 0 Å². The Morgan fingerprint density at radius 2 is 2.19 bits per heavy atom. The molecule has 0 aliphatic carbocycles. The van der Waals surface area contributed by atoms with Crippen molar-refractivity contribution >= 4 is 39.1 Å². The van der Waals surface area contributed by atoms with E-state index in [9.17, 15) is 4.79 Å². The average Bonchev–Trinajstić information content (AvgIpc) is 2.75. The lowest BCUT2D eigenvalue weighted by Gasteiger charge is -2.05. The smallest absolute Gasteiger partial charge is 0.291 e. The van der Waals surface area contributed by atoms with Crippen LogP contribution in [0.3, 0.4) is 0 Å². The highest BCUT2D eigenvalue weighted by atomic mass is 79.9. The average molecular weight is 301 g/mol. The van der Waals surface area contributed by atoms with Crippen LogP contribution in [0.15, 0.2) is 45.5 Å². The minimum absolute atomic E-state index is 0.266. The molecule has 0 bridgehead atoms. The highest BCUT2D eigenvalue weighted by Crippen LogP contribution is 2.26. The van der Waals surface area contributed by atoms with E-state index in [1.165, 1.54) is 6.26 Å². The number of anilines is 1. The molecule has 16 heavy (non-hydrogen) atoms. The highest BCUT2D eigenvalue weighted by molar-refractivity contribution is 9.10. The van der Waals surface area contributed by atoms with Crippen molar-refractivity contribution in [3.05, 3.63) is 51.9 Å². The van der Waals surface area contributed by atoms with Crippen molar-refractivity contribution in [2.75, 3.05) is 5.32 Å². The van der Waals surface area contributed by atoms with Gasteiger partial charge >= 0.3 is 0 Å². The van der Waals surface area contributed by atoms with E-state index in [2.05, 4.69) is 21.2 Å². The topological polar surface area (TPSA) is 42.2 Å². The van der Waals surface area contributed by atoms with E-state index < -0.39 is 0 Å². The van der Waals surface area contributed by atoms with Crippen molar-refractivity contribution in [2.45, 2.75) is 0 Å². The number of carbonyl (C=O) groups excluding carboxylic acids is 1. The Bertz CT molecular complexity index is 511. The molecule has 1 amide bonds. The molecule has 0 saturated heterocycles. The summed E-state index contributed by atoms with van der Waals surface area (Å²) in [6, 6.07) is 8.38. The maximum absolute atomic E-state index is 11.7. The van der Waals surface area contributed by atoms with E-state index in [0.717, 1.165) is 4.47 Å². The van der Waals surface area contributed by atoms with Gasteiger partial charge in [0.2, 0.25) is 0 Å². The lowest BCUT2D eigenvalue weighted by molar-refractivity contribution is 0.0996. The van der Waals surface area contributed by atoms with Gasteiger partial charge in [0, 0.05) is 9.50 Å².